The highest BCUT2D eigenvalue weighted by molar-refractivity contribution is 7.88. The van der Waals surface area contributed by atoms with Crippen LogP contribution in [-0.2, 0) is 30.6 Å². The van der Waals surface area contributed by atoms with Crippen LogP contribution in [0.4, 0.5) is 5.69 Å². The Bertz CT molecular complexity index is 1300. The van der Waals surface area contributed by atoms with E-state index in [1.54, 1.807) is 6.07 Å². The number of piperazine rings is 1. The first kappa shape index (κ1) is 22.5. The molecule has 1 saturated carbocycles. The van der Waals surface area contributed by atoms with Crippen molar-refractivity contribution in [2.24, 2.45) is 0 Å². The summed E-state index contributed by atoms with van der Waals surface area (Å²) in [5.74, 6) is -0.187. The summed E-state index contributed by atoms with van der Waals surface area (Å²) in [6.45, 7) is 3.23. The molecule has 2 aromatic rings. The van der Waals surface area contributed by atoms with Crippen molar-refractivity contribution in [1.29, 1.82) is 0 Å². The maximum absolute atomic E-state index is 13.7. The first-order chi connectivity index (χ1) is 16.7. The highest BCUT2D eigenvalue weighted by Crippen LogP contribution is 2.52. The monoisotopic (exact) mass is 495 g/mol. The van der Waals surface area contributed by atoms with Crippen LogP contribution in [0.5, 0.6) is 0 Å². The van der Waals surface area contributed by atoms with Crippen molar-refractivity contribution in [2.75, 3.05) is 50.4 Å². The van der Waals surface area contributed by atoms with E-state index in [1.807, 2.05) is 47.4 Å². The number of amides is 1. The van der Waals surface area contributed by atoms with E-state index in [9.17, 15) is 18.0 Å². The van der Waals surface area contributed by atoms with E-state index in [0.717, 1.165) is 29.7 Å². The van der Waals surface area contributed by atoms with Gasteiger partial charge in [-0.25, -0.2) is 13.2 Å². The smallest absolute Gasteiger partial charge is 0.339 e. The Kier molecular flexibility index (Phi) is 5.02. The zero-order valence-electron chi connectivity index (χ0n) is 19.8. The molecule has 2 saturated heterocycles. The van der Waals surface area contributed by atoms with Crippen molar-refractivity contribution in [3.63, 3.8) is 0 Å². The van der Waals surface area contributed by atoms with Gasteiger partial charge in [0.15, 0.2) is 5.60 Å². The molecule has 6 rings (SSSR count). The molecule has 1 atom stereocenters. The molecular weight excluding hydrogens is 466 g/mol. The molecule has 1 aliphatic carbocycles. The molecule has 8 nitrogen and oxygen atoms in total. The van der Waals surface area contributed by atoms with Crippen LogP contribution in [0.1, 0.15) is 40.7 Å². The van der Waals surface area contributed by atoms with Crippen molar-refractivity contribution in [1.82, 2.24) is 9.21 Å². The third-order valence-corrected chi connectivity index (χ3v) is 9.40. The van der Waals surface area contributed by atoms with Gasteiger partial charge in [-0.15, -0.1) is 0 Å². The van der Waals surface area contributed by atoms with Gasteiger partial charge < -0.3 is 14.5 Å². The Labute approximate surface area is 205 Å². The number of carbonyl (C=O) groups excluding carboxylic acids is 2. The van der Waals surface area contributed by atoms with E-state index < -0.39 is 21.0 Å². The van der Waals surface area contributed by atoms with Crippen molar-refractivity contribution < 1.29 is 22.7 Å². The van der Waals surface area contributed by atoms with Gasteiger partial charge in [0.1, 0.15) is 0 Å². The average molecular weight is 496 g/mol. The van der Waals surface area contributed by atoms with Gasteiger partial charge in [0.25, 0.3) is 0 Å². The molecule has 3 fully saturated rings. The molecule has 3 heterocycles. The number of carbonyl (C=O) groups is 2. The minimum atomic E-state index is -3.16. The molecule has 35 heavy (non-hydrogen) atoms. The molecule has 3 aliphatic heterocycles. The number of anilines is 1. The first-order valence-corrected chi connectivity index (χ1v) is 14.0. The summed E-state index contributed by atoms with van der Waals surface area (Å²) < 4.78 is 30.9. The Balaban J connectivity index is 1.16. The molecule has 2 aromatic carbocycles. The molecule has 184 valence electrons. The number of rotatable bonds is 4. The summed E-state index contributed by atoms with van der Waals surface area (Å²) in [5.41, 5.74) is 2.34. The van der Waals surface area contributed by atoms with Crippen LogP contribution in [0.15, 0.2) is 48.5 Å². The van der Waals surface area contributed by atoms with Crippen LogP contribution in [0, 0.1) is 0 Å². The normalized spacial score (nSPS) is 25.6. The second kappa shape index (κ2) is 7.80. The van der Waals surface area contributed by atoms with Crippen LogP contribution in [0.2, 0.25) is 0 Å². The second-order valence-electron chi connectivity index (χ2n) is 10.2. The van der Waals surface area contributed by atoms with Crippen LogP contribution in [-0.4, -0.2) is 75.0 Å². The Hall–Kier alpha value is -2.91. The fourth-order valence-corrected chi connectivity index (χ4v) is 6.75. The predicted octanol–water partition coefficient (Wildman–Crippen LogP) is 2.10. The van der Waals surface area contributed by atoms with Crippen molar-refractivity contribution in [3.8, 4) is 0 Å². The number of likely N-dealkylation sites (tertiary alicyclic amines) is 1. The topological polar surface area (TPSA) is 87.2 Å². The number of fused-ring (bicyclic) bond motifs is 2. The van der Waals surface area contributed by atoms with Gasteiger partial charge in [-0.3, -0.25) is 4.79 Å². The van der Waals surface area contributed by atoms with E-state index in [0.29, 0.717) is 51.3 Å². The zero-order valence-corrected chi connectivity index (χ0v) is 20.6. The van der Waals surface area contributed by atoms with Crippen LogP contribution < -0.4 is 4.90 Å². The summed E-state index contributed by atoms with van der Waals surface area (Å²) >= 11 is 0. The first-order valence-electron chi connectivity index (χ1n) is 12.1. The van der Waals surface area contributed by atoms with Crippen molar-refractivity contribution >= 4 is 27.6 Å². The molecule has 9 heteroatoms. The minimum absolute atomic E-state index is 0.115. The van der Waals surface area contributed by atoms with Gasteiger partial charge in [-0.05, 0) is 36.6 Å². The lowest BCUT2D eigenvalue weighted by atomic mass is 9.91. The zero-order chi connectivity index (χ0) is 24.4. The summed E-state index contributed by atoms with van der Waals surface area (Å²) in [7, 11) is -3.16. The Morgan fingerprint density at radius 3 is 2.26 bits per heavy atom. The lowest BCUT2D eigenvalue weighted by Gasteiger charge is -2.35. The number of ether oxygens (including phenoxy) is 1. The number of nitrogens with zero attached hydrogens (tertiary/aromatic N) is 3. The summed E-state index contributed by atoms with van der Waals surface area (Å²) in [6.07, 6.45) is 3.51. The minimum Gasteiger partial charge on any atom is -0.449 e. The van der Waals surface area contributed by atoms with Gasteiger partial charge in [-0.1, -0.05) is 30.3 Å². The molecule has 1 amide bonds. The quantitative estimate of drug-likeness (QED) is 0.604. The van der Waals surface area contributed by atoms with E-state index in [1.165, 1.54) is 10.6 Å². The fraction of sp³-hybridized carbons (Fsp3) is 0.462. The van der Waals surface area contributed by atoms with Gasteiger partial charge in [0, 0.05) is 50.4 Å². The number of hydrogen-bond donors (Lipinski definition) is 0. The highest BCUT2D eigenvalue weighted by atomic mass is 32.2. The van der Waals surface area contributed by atoms with Crippen LogP contribution in [0.25, 0.3) is 0 Å². The molecule has 4 aliphatic rings. The Morgan fingerprint density at radius 1 is 0.914 bits per heavy atom. The van der Waals surface area contributed by atoms with Crippen molar-refractivity contribution in [2.45, 2.75) is 30.3 Å². The van der Waals surface area contributed by atoms with Gasteiger partial charge >= 0.3 is 5.97 Å². The lowest BCUT2D eigenvalue weighted by molar-refractivity contribution is -0.134. The third-order valence-electron chi connectivity index (χ3n) is 8.10. The standard InChI is InChI=1S/C26H29N3O5S/c1-35(32,33)29-16-14-27(15-17-29)20-8-6-19(7-9-20)25(10-11-25)24(31)28-13-12-26(18-28)22-5-3-2-4-21(22)23(30)34-26/h2-9H,10-18H2,1H3/t26-/m0/s1. The molecular formula is C26H29N3O5S. The maximum Gasteiger partial charge on any atom is 0.339 e. The summed E-state index contributed by atoms with van der Waals surface area (Å²) in [4.78, 5) is 30.2. The summed E-state index contributed by atoms with van der Waals surface area (Å²) in [6, 6.07) is 15.7. The predicted molar refractivity (Wildman–Crippen MR) is 131 cm³/mol. The van der Waals surface area contributed by atoms with E-state index in [4.69, 9.17) is 4.74 Å². The van der Waals surface area contributed by atoms with Crippen LogP contribution >= 0.6 is 0 Å². The number of sulfonamides is 1. The summed E-state index contributed by atoms with van der Waals surface area (Å²) in [5, 5.41) is 0. The highest BCUT2D eigenvalue weighted by Gasteiger charge is 2.57. The molecule has 0 bridgehead atoms. The molecule has 0 N–H and O–H groups in total. The van der Waals surface area contributed by atoms with Gasteiger partial charge in [0.05, 0.1) is 23.8 Å². The number of benzene rings is 2. The lowest BCUT2D eigenvalue weighted by Crippen LogP contribution is -2.48. The van der Waals surface area contributed by atoms with Crippen molar-refractivity contribution in [3.05, 3.63) is 65.2 Å². The molecule has 0 radical (unpaired) electrons. The second-order valence-corrected chi connectivity index (χ2v) is 12.2. The van der Waals surface area contributed by atoms with E-state index >= 15 is 0 Å². The number of esters is 1. The Morgan fingerprint density at radius 2 is 1.60 bits per heavy atom. The average Bonchev–Trinajstić information content (AvgIpc) is 3.49. The largest absolute Gasteiger partial charge is 0.449 e. The molecule has 1 spiro atoms. The van der Waals surface area contributed by atoms with Crippen LogP contribution in [0.3, 0.4) is 0 Å². The van der Waals surface area contributed by atoms with E-state index in [2.05, 4.69) is 4.90 Å². The molecule has 0 unspecified atom stereocenters. The van der Waals surface area contributed by atoms with Gasteiger partial charge in [-0.2, -0.15) is 4.31 Å². The maximum atomic E-state index is 13.7. The van der Waals surface area contributed by atoms with Gasteiger partial charge in [0.2, 0.25) is 15.9 Å². The third kappa shape index (κ3) is 3.63. The fourth-order valence-electron chi connectivity index (χ4n) is 5.93. The number of hydrogen-bond acceptors (Lipinski definition) is 6. The molecule has 0 aromatic heterocycles. The van der Waals surface area contributed by atoms with E-state index in [-0.39, 0.29) is 11.9 Å². The SMILES string of the molecule is CS(=O)(=O)N1CCN(c2ccc(C3(C(=O)N4CC[C@@]5(C4)OC(=O)c4ccccc45)CC3)cc2)CC1.